The van der Waals surface area contributed by atoms with Gasteiger partial charge in [0.05, 0.1) is 7.11 Å². The van der Waals surface area contributed by atoms with Gasteiger partial charge in [0.25, 0.3) is 0 Å². The van der Waals surface area contributed by atoms with Crippen molar-refractivity contribution in [1.29, 1.82) is 0 Å². The van der Waals surface area contributed by atoms with Gasteiger partial charge < -0.3 is 4.74 Å². The van der Waals surface area contributed by atoms with Gasteiger partial charge in [-0.25, -0.2) is 0 Å². The molecule has 2 rings (SSSR count). The molecule has 0 aliphatic rings. The number of halogens is 3. The number of hydrogen-bond donors (Lipinski definition) is 0. The fourth-order valence-electron chi connectivity index (χ4n) is 2.31. The molecule has 0 saturated carbocycles. The van der Waals surface area contributed by atoms with E-state index in [1.165, 1.54) is 23.8 Å². The van der Waals surface area contributed by atoms with Gasteiger partial charge in [0.2, 0.25) is 3.79 Å². The Morgan fingerprint density at radius 1 is 0.963 bits per heavy atom. The van der Waals surface area contributed by atoms with Gasteiger partial charge >= 0.3 is 0 Å². The summed E-state index contributed by atoms with van der Waals surface area (Å²) in [4.78, 5) is 12.0. The van der Waals surface area contributed by atoms with E-state index >= 15 is 0 Å². The average Bonchev–Trinajstić information content (AvgIpc) is 2.67. The van der Waals surface area contributed by atoms with Crippen LogP contribution in [0.3, 0.4) is 0 Å². The van der Waals surface area contributed by atoms with Crippen LogP contribution in [0.4, 0.5) is 0 Å². The first-order valence-electron chi connectivity index (χ1n) is 8.24. The minimum Gasteiger partial charge on any atom is -0.497 e. The molecule has 0 heterocycles. The van der Waals surface area contributed by atoms with Gasteiger partial charge in [0, 0.05) is 0 Å². The van der Waals surface area contributed by atoms with Crippen molar-refractivity contribution in [1.82, 2.24) is 0 Å². The van der Waals surface area contributed by atoms with Crippen LogP contribution in [0.2, 0.25) is 0 Å². The molecule has 0 spiro atoms. The summed E-state index contributed by atoms with van der Waals surface area (Å²) < 4.78 is 3.61. The van der Waals surface area contributed by atoms with Gasteiger partial charge in [-0.05, 0) is 53.5 Å². The SMILES string of the molecule is COc1ccc(C(C=CC(=O)C=CC(Cl)(Cl)Cl)=CCc2ccccc2)cc1. The molecule has 0 aromatic heterocycles. The number of rotatable bonds is 7. The lowest BCUT2D eigenvalue weighted by molar-refractivity contribution is -0.110. The van der Waals surface area contributed by atoms with E-state index in [9.17, 15) is 4.79 Å². The van der Waals surface area contributed by atoms with Gasteiger partial charge in [-0.15, -0.1) is 0 Å². The summed E-state index contributed by atoms with van der Waals surface area (Å²) in [6.45, 7) is 0. The third-order valence-electron chi connectivity index (χ3n) is 3.69. The summed E-state index contributed by atoms with van der Waals surface area (Å²) in [5.41, 5.74) is 3.07. The zero-order valence-corrected chi connectivity index (χ0v) is 17.0. The van der Waals surface area contributed by atoms with Crippen LogP contribution in [-0.2, 0) is 11.2 Å². The second-order valence-corrected chi connectivity index (χ2v) is 8.06. The maximum Gasteiger partial charge on any atom is 0.209 e. The maximum absolute atomic E-state index is 12.0. The van der Waals surface area contributed by atoms with Crippen molar-refractivity contribution in [3.63, 3.8) is 0 Å². The highest BCUT2D eigenvalue weighted by Crippen LogP contribution is 2.27. The Morgan fingerprint density at radius 3 is 2.22 bits per heavy atom. The topological polar surface area (TPSA) is 26.3 Å². The first kappa shape index (κ1) is 21.3. The first-order valence-corrected chi connectivity index (χ1v) is 9.37. The standard InChI is InChI=1S/C22H19Cl3O2/c1-27-21-13-10-19(11-14-21)18(8-7-17-5-3-2-4-6-17)9-12-20(26)15-16-22(23,24)25/h2-6,8-16H,7H2,1H3. The van der Waals surface area contributed by atoms with Crippen molar-refractivity contribution >= 4 is 46.2 Å². The predicted molar refractivity (Wildman–Crippen MR) is 115 cm³/mol. The van der Waals surface area contributed by atoms with Crippen molar-refractivity contribution in [2.24, 2.45) is 0 Å². The van der Waals surface area contributed by atoms with Crippen molar-refractivity contribution in [3.8, 4) is 5.75 Å². The molecule has 2 nitrogen and oxygen atoms in total. The molecule has 27 heavy (non-hydrogen) atoms. The van der Waals surface area contributed by atoms with Gasteiger partial charge in [-0.1, -0.05) is 89.4 Å². The van der Waals surface area contributed by atoms with Crippen LogP contribution >= 0.6 is 34.8 Å². The molecule has 0 bridgehead atoms. The number of alkyl halides is 3. The molecular formula is C22H19Cl3O2. The Morgan fingerprint density at radius 2 is 1.63 bits per heavy atom. The highest BCUT2D eigenvalue weighted by molar-refractivity contribution is 6.69. The van der Waals surface area contributed by atoms with Crippen molar-refractivity contribution in [2.45, 2.75) is 10.2 Å². The Bertz CT molecular complexity index is 830. The minimum atomic E-state index is -1.59. The van der Waals surface area contributed by atoms with E-state index in [-0.39, 0.29) is 5.78 Å². The molecular weight excluding hydrogens is 403 g/mol. The number of methoxy groups -OCH3 is 1. The largest absolute Gasteiger partial charge is 0.497 e. The van der Waals surface area contributed by atoms with E-state index in [0.29, 0.717) is 0 Å². The number of ether oxygens (including phenoxy) is 1. The molecule has 0 aliphatic heterocycles. The first-order chi connectivity index (χ1) is 12.9. The van der Waals surface area contributed by atoms with Crippen LogP contribution < -0.4 is 4.74 Å². The van der Waals surface area contributed by atoms with Gasteiger partial charge in [-0.3, -0.25) is 4.79 Å². The zero-order chi connectivity index (χ0) is 19.7. The molecule has 0 saturated heterocycles. The average molecular weight is 422 g/mol. The third kappa shape index (κ3) is 8.04. The highest BCUT2D eigenvalue weighted by atomic mass is 35.6. The number of allylic oxidation sites excluding steroid dienone is 6. The summed E-state index contributed by atoms with van der Waals surface area (Å²) in [5, 5.41) is 0. The molecule has 140 valence electrons. The van der Waals surface area contributed by atoms with Crippen LogP contribution in [0.25, 0.3) is 5.57 Å². The lowest BCUT2D eigenvalue weighted by Gasteiger charge is -2.06. The summed E-state index contributed by atoms with van der Waals surface area (Å²) in [6, 6.07) is 17.7. The zero-order valence-electron chi connectivity index (χ0n) is 14.7. The Balaban J connectivity index is 2.24. The van der Waals surface area contributed by atoms with E-state index in [1.807, 2.05) is 42.5 Å². The van der Waals surface area contributed by atoms with Gasteiger partial charge in [-0.2, -0.15) is 0 Å². The molecule has 0 fully saturated rings. The third-order valence-corrected chi connectivity index (χ3v) is 4.07. The molecule has 0 amide bonds. The molecule has 5 heteroatoms. The molecule has 2 aromatic rings. The summed E-state index contributed by atoms with van der Waals surface area (Å²) in [5.74, 6) is 0.507. The normalized spacial score (nSPS) is 12.7. The molecule has 0 aliphatic carbocycles. The van der Waals surface area contributed by atoms with Gasteiger partial charge in [0.1, 0.15) is 5.75 Å². The number of hydrogen-bond acceptors (Lipinski definition) is 2. The van der Waals surface area contributed by atoms with Crippen molar-refractivity contribution in [3.05, 3.63) is 96.1 Å². The summed E-state index contributed by atoms with van der Waals surface area (Å²) in [7, 11) is 1.62. The fourth-order valence-corrected chi connectivity index (χ4v) is 2.50. The summed E-state index contributed by atoms with van der Waals surface area (Å²) in [6.07, 6.45) is 8.49. The minimum absolute atomic E-state index is 0.263. The van der Waals surface area contributed by atoms with Crippen molar-refractivity contribution in [2.75, 3.05) is 7.11 Å². The number of benzene rings is 2. The monoisotopic (exact) mass is 420 g/mol. The number of carbonyl (C=O) groups is 1. The van der Waals surface area contributed by atoms with Crippen LogP contribution in [0.15, 0.2) is 85.0 Å². The van der Waals surface area contributed by atoms with Crippen LogP contribution in [0.1, 0.15) is 11.1 Å². The van der Waals surface area contributed by atoms with Crippen LogP contribution in [0, 0.1) is 0 Å². The molecule has 0 N–H and O–H groups in total. The Hall–Kier alpha value is -2.00. The van der Waals surface area contributed by atoms with E-state index < -0.39 is 3.79 Å². The Labute approximate surface area is 174 Å². The van der Waals surface area contributed by atoms with Gasteiger partial charge in [0.15, 0.2) is 5.78 Å². The molecule has 0 atom stereocenters. The van der Waals surface area contributed by atoms with Crippen LogP contribution in [0.5, 0.6) is 5.75 Å². The van der Waals surface area contributed by atoms with E-state index in [4.69, 9.17) is 39.5 Å². The maximum atomic E-state index is 12.0. The number of ketones is 1. The molecule has 0 radical (unpaired) electrons. The molecule has 0 unspecified atom stereocenters. The Kier molecular flexibility index (Phi) is 8.18. The lowest BCUT2D eigenvalue weighted by Crippen LogP contribution is -1.97. The smallest absolute Gasteiger partial charge is 0.209 e. The van der Waals surface area contributed by atoms with E-state index in [0.717, 1.165) is 23.3 Å². The molecule has 2 aromatic carbocycles. The van der Waals surface area contributed by atoms with Crippen molar-refractivity contribution < 1.29 is 9.53 Å². The predicted octanol–water partition coefficient (Wildman–Crippen LogP) is 6.37. The van der Waals surface area contributed by atoms with E-state index in [2.05, 4.69) is 18.2 Å². The second kappa shape index (κ2) is 10.4. The lowest BCUT2D eigenvalue weighted by atomic mass is 10.0. The van der Waals surface area contributed by atoms with Crippen LogP contribution in [-0.4, -0.2) is 16.7 Å². The highest BCUT2D eigenvalue weighted by Gasteiger charge is 2.14. The van der Waals surface area contributed by atoms with E-state index in [1.54, 1.807) is 13.2 Å². The second-order valence-electron chi connectivity index (χ2n) is 5.69. The number of carbonyl (C=O) groups excluding carboxylic acids is 1. The fraction of sp³-hybridized carbons (Fsp3) is 0.136. The summed E-state index contributed by atoms with van der Waals surface area (Å²) >= 11 is 16.9. The quantitative estimate of drug-likeness (QED) is 0.295.